The second-order valence-corrected chi connectivity index (χ2v) is 5.24. The van der Waals surface area contributed by atoms with E-state index in [1.807, 2.05) is 25.1 Å². The van der Waals surface area contributed by atoms with Crippen molar-refractivity contribution in [1.82, 2.24) is 0 Å². The number of esters is 1. The number of aliphatic hydroxyl groups is 1. The number of aliphatic hydroxyl groups excluding tert-OH is 1. The number of hydrogen-bond acceptors (Lipinski definition) is 4. The van der Waals surface area contributed by atoms with Gasteiger partial charge in [0.2, 0.25) is 0 Å². The summed E-state index contributed by atoms with van der Waals surface area (Å²) in [5.41, 5.74) is 0.846. The van der Waals surface area contributed by atoms with E-state index < -0.39 is 0 Å². The Hall–Kier alpha value is -1.07. The number of halogens is 1. The number of benzene rings is 1. The second-order valence-electron chi connectivity index (χ2n) is 4.39. The van der Waals surface area contributed by atoms with Gasteiger partial charge in [-0.1, -0.05) is 6.07 Å². The Balaban J connectivity index is 2.17. The molecule has 1 N–H and O–H groups in total. The van der Waals surface area contributed by atoms with E-state index in [0.29, 0.717) is 19.6 Å². The van der Waals surface area contributed by atoms with Crippen molar-refractivity contribution in [2.45, 2.75) is 39.2 Å². The summed E-state index contributed by atoms with van der Waals surface area (Å²) >= 11 is 3.41. The minimum atomic E-state index is -0.129. The van der Waals surface area contributed by atoms with Crippen LogP contribution in [0.2, 0.25) is 0 Å². The SMILES string of the molecule is CCOC(=O)CCCCCOc1ccc(CO)cc1Br. The van der Waals surface area contributed by atoms with Crippen LogP contribution >= 0.6 is 15.9 Å². The molecule has 4 nitrogen and oxygen atoms in total. The third-order valence-corrected chi connectivity index (χ3v) is 3.39. The normalized spacial score (nSPS) is 10.3. The van der Waals surface area contributed by atoms with Crippen LogP contribution in [0, 0.1) is 0 Å². The van der Waals surface area contributed by atoms with Gasteiger partial charge in [-0.2, -0.15) is 0 Å². The molecule has 0 saturated heterocycles. The molecule has 0 aliphatic heterocycles. The van der Waals surface area contributed by atoms with Gasteiger partial charge < -0.3 is 14.6 Å². The summed E-state index contributed by atoms with van der Waals surface area (Å²) in [6.07, 6.45) is 3.13. The van der Waals surface area contributed by atoms with Crippen molar-refractivity contribution in [3.8, 4) is 5.75 Å². The molecule has 0 amide bonds. The molecule has 0 atom stereocenters. The Morgan fingerprint density at radius 3 is 2.75 bits per heavy atom. The minimum Gasteiger partial charge on any atom is -0.492 e. The summed E-state index contributed by atoms with van der Waals surface area (Å²) < 4.78 is 11.3. The van der Waals surface area contributed by atoms with E-state index in [-0.39, 0.29) is 12.6 Å². The van der Waals surface area contributed by atoms with Crippen LogP contribution in [0.15, 0.2) is 22.7 Å². The maximum atomic E-state index is 11.1. The number of rotatable bonds is 9. The molecule has 5 heteroatoms. The Bertz CT molecular complexity index is 420. The maximum absolute atomic E-state index is 11.1. The number of unbranched alkanes of at least 4 members (excludes halogenated alkanes) is 2. The molecule has 112 valence electrons. The Morgan fingerprint density at radius 1 is 1.30 bits per heavy atom. The molecular weight excluding hydrogens is 324 g/mol. The van der Waals surface area contributed by atoms with Crippen molar-refractivity contribution < 1.29 is 19.4 Å². The number of hydrogen-bond donors (Lipinski definition) is 1. The molecule has 0 heterocycles. The fourth-order valence-electron chi connectivity index (χ4n) is 1.72. The predicted molar refractivity (Wildman–Crippen MR) is 80.7 cm³/mol. The molecule has 0 aromatic heterocycles. The average molecular weight is 345 g/mol. The van der Waals surface area contributed by atoms with Crippen LogP contribution < -0.4 is 4.74 Å². The summed E-state index contributed by atoms with van der Waals surface area (Å²) in [7, 11) is 0. The molecule has 0 bridgehead atoms. The largest absolute Gasteiger partial charge is 0.492 e. The molecule has 1 aromatic rings. The van der Waals surface area contributed by atoms with Gasteiger partial charge in [0.25, 0.3) is 0 Å². The van der Waals surface area contributed by atoms with Gasteiger partial charge in [0.1, 0.15) is 5.75 Å². The highest BCUT2D eigenvalue weighted by Crippen LogP contribution is 2.26. The fraction of sp³-hybridized carbons (Fsp3) is 0.533. The predicted octanol–water partition coefficient (Wildman–Crippen LogP) is 3.44. The van der Waals surface area contributed by atoms with E-state index >= 15 is 0 Å². The first kappa shape index (κ1) is 17.0. The molecule has 1 aromatic carbocycles. The van der Waals surface area contributed by atoms with Crippen LogP contribution in [-0.2, 0) is 16.1 Å². The Morgan fingerprint density at radius 2 is 2.10 bits per heavy atom. The van der Waals surface area contributed by atoms with Crippen LogP contribution in [0.3, 0.4) is 0 Å². The highest BCUT2D eigenvalue weighted by atomic mass is 79.9. The van der Waals surface area contributed by atoms with Crippen LogP contribution in [-0.4, -0.2) is 24.3 Å². The first-order valence-electron chi connectivity index (χ1n) is 6.85. The molecule has 0 saturated carbocycles. The van der Waals surface area contributed by atoms with Crippen LogP contribution in [0.4, 0.5) is 0 Å². The van der Waals surface area contributed by atoms with E-state index in [9.17, 15) is 4.79 Å². The van der Waals surface area contributed by atoms with E-state index in [2.05, 4.69) is 15.9 Å². The third kappa shape index (κ3) is 6.39. The van der Waals surface area contributed by atoms with E-state index in [1.165, 1.54) is 0 Å². The Kier molecular flexibility index (Phi) is 8.30. The van der Waals surface area contributed by atoms with Crippen LogP contribution in [0.1, 0.15) is 38.2 Å². The zero-order valence-corrected chi connectivity index (χ0v) is 13.3. The summed E-state index contributed by atoms with van der Waals surface area (Å²) in [4.78, 5) is 11.1. The highest BCUT2D eigenvalue weighted by Gasteiger charge is 2.03. The van der Waals surface area contributed by atoms with Crippen LogP contribution in [0.25, 0.3) is 0 Å². The number of carbonyl (C=O) groups excluding carboxylic acids is 1. The van der Waals surface area contributed by atoms with Gasteiger partial charge in [-0.05, 0) is 59.8 Å². The lowest BCUT2D eigenvalue weighted by Crippen LogP contribution is -2.04. The molecule has 0 spiro atoms. The van der Waals surface area contributed by atoms with Gasteiger partial charge in [0, 0.05) is 6.42 Å². The monoisotopic (exact) mass is 344 g/mol. The van der Waals surface area contributed by atoms with Crippen molar-refractivity contribution in [1.29, 1.82) is 0 Å². The van der Waals surface area contributed by atoms with Crippen LogP contribution in [0.5, 0.6) is 5.75 Å². The fourth-order valence-corrected chi connectivity index (χ4v) is 2.26. The quantitative estimate of drug-likeness (QED) is 0.550. The van der Waals surface area contributed by atoms with Gasteiger partial charge in [0.05, 0.1) is 24.3 Å². The molecule has 0 aliphatic rings. The molecule has 20 heavy (non-hydrogen) atoms. The topological polar surface area (TPSA) is 55.8 Å². The molecule has 0 fully saturated rings. The summed E-state index contributed by atoms with van der Waals surface area (Å²) in [6, 6.07) is 5.52. The van der Waals surface area contributed by atoms with Crippen molar-refractivity contribution in [3.63, 3.8) is 0 Å². The van der Waals surface area contributed by atoms with Crippen molar-refractivity contribution in [2.24, 2.45) is 0 Å². The molecule has 0 aliphatic carbocycles. The lowest BCUT2D eigenvalue weighted by molar-refractivity contribution is -0.143. The van der Waals surface area contributed by atoms with Crippen molar-refractivity contribution in [3.05, 3.63) is 28.2 Å². The standard InChI is InChI=1S/C15H21BrO4/c1-2-19-15(18)6-4-3-5-9-20-14-8-7-12(11-17)10-13(14)16/h7-8,10,17H,2-6,9,11H2,1H3. The molecule has 0 radical (unpaired) electrons. The minimum absolute atomic E-state index is 0.0206. The maximum Gasteiger partial charge on any atom is 0.305 e. The summed E-state index contributed by atoms with van der Waals surface area (Å²) in [5.74, 6) is 0.642. The highest BCUT2D eigenvalue weighted by molar-refractivity contribution is 9.10. The van der Waals surface area contributed by atoms with Gasteiger partial charge >= 0.3 is 5.97 Å². The second kappa shape index (κ2) is 9.77. The molecule has 0 unspecified atom stereocenters. The number of carbonyl (C=O) groups is 1. The van der Waals surface area contributed by atoms with Crippen molar-refractivity contribution >= 4 is 21.9 Å². The zero-order valence-electron chi connectivity index (χ0n) is 11.7. The van der Waals surface area contributed by atoms with E-state index in [4.69, 9.17) is 14.6 Å². The molecule has 1 rings (SSSR count). The first-order chi connectivity index (χ1) is 9.67. The Labute approximate surface area is 128 Å². The van der Waals surface area contributed by atoms with E-state index in [0.717, 1.165) is 35.0 Å². The first-order valence-corrected chi connectivity index (χ1v) is 7.64. The van der Waals surface area contributed by atoms with Gasteiger partial charge in [-0.15, -0.1) is 0 Å². The zero-order chi connectivity index (χ0) is 14.8. The molecular formula is C15H21BrO4. The van der Waals surface area contributed by atoms with Gasteiger partial charge in [-0.3, -0.25) is 4.79 Å². The smallest absolute Gasteiger partial charge is 0.305 e. The van der Waals surface area contributed by atoms with Gasteiger partial charge in [0.15, 0.2) is 0 Å². The third-order valence-electron chi connectivity index (χ3n) is 2.77. The summed E-state index contributed by atoms with van der Waals surface area (Å²) in [6.45, 7) is 2.89. The van der Waals surface area contributed by atoms with Crippen molar-refractivity contribution in [2.75, 3.05) is 13.2 Å². The average Bonchev–Trinajstić information content (AvgIpc) is 2.44. The van der Waals surface area contributed by atoms with E-state index in [1.54, 1.807) is 0 Å². The summed E-state index contributed by atoms with van der Waals surface area (Å²) in [5, 5.41) is 9.01. The lowest BCUT2D eigenvalue weighted by atomic mass is 10.2. The lowest BCUT2D eigenvalue weighted by Gasteiger charge is -2.09. The van der Waals surface area contributed by atoms with Gasteiger partial charge in [-0.25, -0.2) is 0 Å². The number of ether oxygens (including phenoxy) is 2.